The zero-order valence-electron chi connectivity index (χ0n) is 23.4. The maximum absolute atomic E-state index is 13.9. The number of carbonyl (C=O) groups is 1. The highest BCUT2D eigenvalue weighted by atomic mass is 16.5. The van der Waals surface area contributed by atoms with Gasteiger partial charge in [-0.05, 0) is 37.8 Å². The SMILES string of the molecule is CCCc1c(-c2onnc2C2CCCCC2)c(C(=O)OCC)c2c(-c3ccccc3)cc(N3CCOCC3)nn12. The van der Waals surface area contributed by atoms with Crippen LogP contribution in [0.3, 0.4) is 0 Å². The smallest absolute Gasteiger partial charge is 0.341 e. The molecule has 1 aliphatic carbocycles. The monoisotopic (exact) mass is 543 g/mol. The highest BCUT2D eigenvalue weighted by Gasteiger charge is 2.35. The van der Waals surface area contributed by atoms with Gasteiger partial charge in [-0.2, -0.15) is 0 Å². The lowest BCUT2D eigenvalue weighted by Gasteiger charge is -2.28. The third kappa shape index (κ3) is 4.87. The molecular formula is C31H37N5O4. The summed E-state index contributed by atoms with van der Waals surface area (Å²) in [6.45, 7) is 7.06. The molecule has 0 radical (unpaired) electrons. The summed E-state index contributed by atoms with van der Waals surface area (Å²) in [7, 11) is 0. The molecule has 210 valence electrons. The largest absolute Gasteiger partial charge is 0.462 e. The third-order valence-electron chi connectivity index (χ3n) is 8.09. The van der Waals surface area contributed by atoms with Crippen molar-refractivity contribution in [1.29, 1.82) is 0 Å². The molecule has 6 rings (SSSR count). The fourth-order valence-corrected chi connectivity index (χ4v) is 6.21. The summed E-state index contributed by atoms with van der Waals surface area (Å²) in [5, 5.41) is 13.7. The minimum atomic E-state index is -0.388. The van der Waals surface area contributed by atoms with Crippen LogP contribution in [-0.4, -0.2) is 58.9 Å². The molecule has 2 aliphatic rings. The molecule has 9 nitrogen and oxygen atoms in total. The third-order valence-corrected chi connectivity index (χ3v) is 8.09. The standard InChI is InChI=1S/C31H37N5O4/c1-3-11-24-26(30-28(32-34-40-30)22-14-9-6-10-15-22)27(31(37)39-4-2)29-23(21-12-7-5-8-13-21)20-25(33-36(24)29)35-16-18-38-19-17-35/h5,7-8,12-13,20,22H,3-4,6,9-11,14-19H2,1-2H3. The number of fused-ring (bicyclic) bond motifs is 1. The van der Waals surface area contributed by atoms with Crippen LogP contribution in [0, 0.1) is 0 Å². The van der Waals surface area contributed by atoms with Crippen LogP contribution in [0.1, 0.15) is 80.0 Å². The Balaban J connectivity index is 1.68. The maximum atomic E-state index is 13.9. The molecule has 40 heavy (non-hydrogen) atoms. The van der Waals surface area contributed by atoms with Gasteiger partial charge in [0.05, 0.1) is 42.2 Å². The Bertz CT molecular complexity index is 1470. The molecule has 0 amide bonds. The van der Waals surface area contributed by atoms with Gasteiger partial charge in [-0.25, -0.2) is 9.31 Å². The molecule has 1 saturated carbocycles. The molecule has 1 aromatic carbocycles. The average molecular weight is 544 g/mol. The summed E-state index contributed by atoms with van der Waals surface area (Å²) < 4.78 is 19.2. The van der Waals surface area contributed by atoms with Crippen LogP contribution in [0.5, 0.6) is 0 Å². The van der Waals surface area contributed by atoms with Gasteiger partial charge in [0, 0.05) is 29.8 Å². The molecule has 0 unspecified atom stereocenters. The van der Waals surface area contributed by atoms with E-state index in [-0.39, 0.29) is 18.5 Å². The van der Waals surface area contributed by atoms with Crippen LogP contribution in [0.15, 0.2) is 40.9 Å². The lowest BCUT2D eigenvalue weighted by atomic mass is 9.85. The molecule has 1 saturated heterocycles. The Labute approximate surface area is 234 Å². The molecule has 0 N–H and O–H groups in total. The molecule has 2 fully saturated rings. The molecule has 1 aliphatic heterocycles. The van der Waals surface area contributed by atoms with E-state index in [1.807, 2.05) is 29.6 Å². The molecule has 0 spiro atoms. The number of anilines is 1. The highest BCUT2D eigenvalue weighted by Crippen LogP contribution is 2.44. The number of hydrogen-bond donors (Lipinski definition) is 0. The first-order chi connectivity index (χ1) is 19.7. The number of benzene rings is 1. The Kier molecular flexibility index (Phi) is 7.82. The molecular weight excluding hydrogens is 506 g/mol. The van der Waals surface area contributed by atoms with Gasteiger partial charge in [0.25, 0.3) is 0 Å². The zero-order valence-corrected chi connectivity index (χ0v) is 23.4. The van der Waals surface area contributed by atoms with Crippen LogP contribution < -0.4 is 4.90 Å². The van der Waals surface area contributed by atoms with Crippen LogP contribution >= 0.6 is 0 Å². The van der Waals surface area contributed by atoms with Crippen molar-refractivity contribution < 1.29 is 18.8 Å². The Morgan fingerprint density at radius 2 is 1.85 bits per heavy atom. The molecule has 3 aromatic heterocycles. The van der Waals surface area contributed by atoms with Gasteiger partial charge in [-0.1, -0.05) is 62.9 Å². The summed E-state index contributed by atoms with van der Waals surface area (Å²) in [4.78, 5) is 16.1. The zero-order chi connectivity index (χ0) is 27.5. The first-order valence-electron chi connectivity index (χ1n) is 14.7. The number of esters is 1. The predicted octanol–water partition coefficient (Wildman–Crippen LogP) is 6.06. The fraction of sp³-hybridized carbons (Fsp3) is 0.484. The van der Waals surface area contributed by atoms with E-state index >= 15 is 0 Å². The molecule has 4 aromatic rings. The number of aromatic nitrogens is 4. The van der Waals surface area contributed by atoms with Crippen LogP contribution in [0.2, 0.25) is 0 Å². The predicted molar refractivity (Wildman–Crippen MR) is 153 cm³/mol. The Morgan fingerprint density at radius 1 is 1.07 bits per heavy atom. The van der Waals surface area contributed by atoms with Gasteiger partial charge in [0.1, 0.15) is 11.5 Å². The highest BCUT2D eigenvalue weighted by molar-refractivity contribution is 6.09. The van der Waals surface area contributed by atoms with E-state index in [4.69, 9.17) is 19.1 Å². The van der Waals surface area contributed by atoms with E-state index in [0.717, 1.165) is 84.6 Å². The summed E-state index contributed by atoms with van der Waals surface area (Å²) in [5.74, 6) is 1.30. The summed E-state index contributed by atoms with van der Waals surface area (Å²) in [6, 6.07) is 12.3. The van der Waals surface area contributed by atoms with Crippen molar-refractivity contribution >= 4 is 17.3 Å². The summed E-state index contributed by atoms with van der Waals surface area (Å²) in [6.07, 6.45) is 7.20. The van der Waals surface area contributed by atoms with Gasteiger partial charge >= 0.3 is 5.97 Å². The van der Waals surface area contributed by atoms with E-state index < -0.39 is 0 Å². The Hall–Kier alpha value is -3.72. The number of carbonyl (C=O) groups excluding carboxylic acids is 1. The van der Waals surface area contributed by atoms with Crippen molar-refractivity contribution in [2.75, 3.05) is 37.8 Å². The second-order valence-electron chi connectivity index (χ2n) is 10.6. The van der Waals surface area contributed by atoms with Crippen molar-refractivity contribution in [3.05, 3.63) is 53.3 Å². The topological polar surface area (TPSA) is 95.0 Å². The van der Waals surface area contributed by atoms with E-state index in [2.05, 4.69) is 40.4 Å². The van der Waals surface area contributed by atoms with E-state index in [0.29, 0.717) is 31.0 Å². The fourth-order valence-electron chi connectivity index (χ4n) is 6.21. The van der Waals surface area contributed by atoms with Gasteiger partial charge in [0.15, 0.2) is 5.76 Å². The molecule has 0 bridgehead atoms. The quantitative estimate of drug-likeness (QED) is 0.247. The minimum Gasteiger partial charge on any atom is -0.462 e. The molecule has 9 heteroatoms. The second kappa shape index (κ2) is 11.8. The van der Waals surface area contributed by atoms with Crippen molar-refractivity contribution in [1.82, 2.24) is 20.0 Å². The van der Waals surface area contributed by atoms with Gasteiger partial charge in [-0.3, -0.25) is 0 Å². The number of ether oxygens (including phenoxy) is 2. The number of hydrogen-bond acceptors (Lipinski definition) is 8. The molecule has 0 atom stereocenters. The van der Waals surface area contributed by atoms with E-state index in [9.17, 15) is 4.79 Å². The van der Waals surface area contributed by atoms with Crippen molar-refractivity contribution in [2.45, 2.75) is 64.7 Å². The number of aryl methyl sites for hydroxylation is 1. The lowest BCUT2D eigenvalue weighted by Crippen LogP contribution is -2.37. The van der Waals surface area contributed by atoms with Crippen molar-refractivity contribution in [3.8, 4) is 22.5 Å². The lowest BCUT2D eigenvalue weighted by molar-refractivity contribution is 0.0529. The van der Waals surface area contributed by atoms with E-state index in [1.165, 1.54) is 6.42 Å². The van der Waals surface area contributed by atoms with Crippen molar-refractivity contribution in [3.63, 3.8) is 0 Å². The first kappa shape index (κ1) is 26.5. The van der Waals surface area contributed by atoms with Crippen molar-refractivity contribution in [2.24, 2.45) is 0 Å². The van der Waals surface area contributed by atoms with Crippen LogP contribution in [0.4, 0.5) is 5.82 Å². The van der Waals surface area contributed by atoms with Crippen LogP contribution in [0.25, 0.3) is 28.0 Å². The van der Waals surface area contributed by atoms with Gasteiger partial charge < -0.3 is 18.9 Å². The van der Waals surface area contributed by atoms with Gasteiger partial charge in [-0.15, -0.1) is 10.2 Å². The Morgan fingerprint density at radius 3 is 2.58 bits per heavy atom. The summed E-state index contributed by atoms with van der Waals surface area (Å²) in [5.41, 5.74) is 5.61. The second-order valence-corrected chi connectivity index (χ2v) is 10.6. The van der Waals surface area contributed by atoms with E-state index in [1.54, 1.807) is 0 Å². The molecule has 4 heterocycles. The number of rotatable bonds is 8. The number of morpholine rings is 1. The maximum Gasteiger partial charge on any atom is 0.341 e. The normalized spacial score (nSPS) is 16.5. The summed E-state index contributed by atoms with van der Waals surface area (Å²) >= 11 is 0. The minimum absolute atomic E-state index is 0.257. The van der Waals surface area contributed by atoms with Crippen LogP contribution in [-0.2, 0) is 15.9 Å². The number of nitrogens with zero attached hydrogens (tertiary/aromatic N) is 5. The first-order valence-corrected chi connectivity index (χ1v) is 14.7. The van der Waals surface area contributed by atoms with Gasteiger partial charge in [0.2, 0.25) is 0 Å². The average Bonchev–Trinajstić information content (AvgIpc) is 3.61.